The van der Waals surface area contributed by atoms with Crippen molar-refractivity contribution in [1.82, 2.24) is 0 Å². The van der Waals surface area contributed by atoms with E-state index in [-0.39, 0.29) is 12.8 Å². The van der Waals surface area contributed by atoms with Crippen LogP contribution in [-0.2, 0) is 30.3 Å². The zero-order valence-corrected chi connectivity index (χ0v) is 16.3. The molecule has 1 unspecified atom stereocenters. The van der Waals surface area contributed by atoms with Gasteiger partial charge in [0, 0.05) is 0 Å². The van der Waals surface area contributed by atoms with Crippen LogP contribution >= 0.6 is 0 Å². The molecule has 0 bridgehead atoms. The predicted octanol–water partition coefficient (Wildman–Crippen LogP) is 3.70. The Kier molecular flexibility index (Phi) is 8.10. The number of halogens is 7. The maximum absolute atomic E-state index is 13.5. The molecule has 0 radical (unpaired) electrons. The Morgan fingerprint density at radius 2 is 1.53 bits per heavy atom. The van der Waals surface area contributed by atoms with Gasteiger partial charge in [0.25, 0.3) is 0 Å². The van der Waals surface area contributed by atoms with Crippen LogP contribution in [0.25, 0.3) is 0 Å². The number of esters is 1. The molecule has 0 aliphatic heterocycles. The molecule has 30 heavy (non-hydrogen) atoms. The molecule has 0 spiro atoms. The molecule has 0 fully saturated rings. The predicted molar refractivity (Wildman–Crippen MR) is 87.7 cm³/mol. The molecule has 1 rings (SSSR count). The van der Waals surface area contributed by atoms with Gasteiger partial charge in [-0.3, -0.25) is 4.18 Å². The quantitative estimate of drug-likeness (QED) is 0.295. The minimum absolute atomic E-state index is 0.0805. The van der Waals surface area contributed by atoms with Crippen molar-refractivity contribution in [2.24, 2.45) is 0 Å². The molecule has 172 valence electrons. The highest BCUT2D eigenvalue weighted by Gasteiger charge is 2.79. The minimum Gasteiger partial charge on any atom is -0.497 e. The summed E-state index contributed by atoms with van der Waals surface area (Å²) in [6, 6.07) is 6.35. The number of ether oxygens (including phenoxy) is 2. The second kappa shape index (κ2) is 9.37. The Morgan fingerprint density at radius 1 is 1.00 bits per heavy atom. The second-order valence-electron chi connectivity index (χ2n) is 5.89. The Morgan fingerprint density at radius 3 is 1.97 bits per heavy atom. The highest BCUT2D eigenvalue weighted by Crippen LogP contribution is 2.49. The molecule has 14 heteroatoms. The van der Waals surface area contributed by atoms with Crippen LogP contribution in [-0.4, -0.2) is 52.1 Å². The van der Waals surface area contributed by atoms with Gasteiger partial charge in [-0.25, -0.2) is 4.79 Å². The Hall–Kier alpha value is -2.09. The number of rotatable bonds is 10. The summed E-state index contributed by atoms with van der Waals surface area (Å²) in [7, 11) is -4.74. The van der Waals surface area contributed by atoms with E-state index in [1.807, 2.05) is 0 Å². The third-order valence-corrected chi connectivity index (χ3v) is 5.20. The van der Waals surface area contributed by atoms with E-state index in [0.29, 0.717) is 11.3 Å². The van der Waals surface area contributed by atoms with E-state index in [0.717, 1.165) is 7.11 Å². The van der Waals surface area contributed by atoms with Crippen LogP contribution < -0.4 is 4.74 Å². The van der Waals surface area contributed by atoms with E-state index < -0.39 is 46.0 Å². The van der Waals surface area contributed by atoms with Crippen LogP contribution in [0.15, 0.2) is 24.3 Å². The average molecular weight is 470 g/mol. The molecule has 0 heterocycles. The van der Waals surface area contributed by atoms with Crippen molar-refractivity contribution in [2.45, 2.75) is 42.7 Å². The molecule has 6 nitrogen and oxygen atoms in total. The topological polar surface area (TPSA) is 78.9 Å². The molecule has 0 aliphatic carbocycles. The Labute approximate surface area is 167 Å². The largest absolute Gasteiger partial charge is 0.497 e. The molecule has 0 aliphatic rings. The van der Waals surface area contributed by atoms with Crippen molar-refractivity contribution < 1.29 is 57.6 Å². The number of carbonyl (C=O) groups is 1. The van der Waals surface area contributed by atoms with Gasteiger partial charge in [-0.1, -0.05) is 12.1 Å². The highest BCUT2D eigenvalue weighted by molar-refractivity contribution is 7.87. The van der Waals surface area contributed by atoms with Crippen molar-refractivity contribution in [1.29, 1.82) is 0 Å². The average Bonchev–Trinajstić information content (AvgIpc) is 2.65. The molecule has 1 atom stereocenters. The zero-order valence-electron chi connectivity index (χ0n) is 15.5. The Balaban J connectivity index is 2.96. The summed E-state index contributed by atoms with van der Waals surface area (Å²) >= 11 is 0. The first-order chi connectivity index (χ1) is 13.6. The van der Waals surface area contributed by atoms with Crippen LogP contribution in [0.3, 0.4) is 0 Å². The number of hydrogen-bond acceptors (Lipinski definition) is 6. The monoisotopic (exact) mass is 470 g/mol. The molecule has 0 amide bonds. The van der Waals surface area contributed by atoms with Crippen molar-refractivity contribution in [2.75, 3.05) is 14.2 Å². The molecular weight excluding hydrogens is 453 g/mol. The number of benzene rings is 1. The molecule has 1 aromatic rings. The van der Waals surface area contributed by atoms with E-state index in [1.54, 1.807) is 24.3 Å². The fourth-order valence-corrected chi connectivity index (χ4v) is 3.19. The van der Waals surface area contributed by atoms with Gasteiger partial charge in [0.2, 0.25) is 0 Å². The summed E-state index contributed by atoms with van der Waals surface area (Å²) in [4.78, 5) is 11.6. The minimum atomic E-state index is -6.96. The first kappa shape index (κ1) is 25.9. The summed E-state index contributed by atoms with van der Waals surface area (Å²) in [6.07, 6.45) is -9.78. The molecule has 0 saturated carbocycles. The maximum atomic E-state index is 13.5. The van der Waals surface area contributed by atoms with Crippen molar-refractivity contribution in [3.63, 3.8) is 0 Å². The molecule has 0 aromatic heterocycles. The molecule has 0 N–H and O–H groups in total. The molecule has 0 saturated heterocycles. The number of aryl methyl sites for hydroxylation is 1. The number of carbonyl (C=O) groups excluding carboxylic acids is 1. The van der Waals surface area contributed by atoms with Crippen molar-refractivity contribution in [3.05, 3.63) is 29.8 Å². The fraction of sp³-hybridized carbons (Fsp3) is 0.562. The first-order valence-electron chi connectivity index (χ1n) is 8.06. The standard InChI is InChI=1S/C16H17F7O6S/c1-27-11-8-6-10(7-9-11)4-3-5-12(13(24)28-2)29-30(25,26)16(22,23)14(17,18)15(19,20)21/h6-9,12H,3-5H2,1-2H3. The van der Waals surface area contributed by atoms with Crippen molar-refractivity contribution in [3.8, 4) is 5.75 Å². The van der Waals surface area contributed by atoms with Crippen molar-refractivity contribution >= 4 is 16.1 Å². The van der Waals surface area contributed by atoms with Gasteiger partial charge in [0.05, 0.1) is 14.2 Å². The third-order valence-electron chi connectivity index (χ3n) is 3.83. The lowest BCUT2D eigenvalue weighted by Crippen LogP contribution is -2.57. The second-order valence-corrected chi connectivity index (χ2v) is 7.50. The third kappa shape index (κ3) is 5.53. The summed E-state index contributed by atoms with van der Waals surface area (Å²) in [5, 5.41) is -6.68. The maximum Gasteiger partial charge on any atom is 0.461 e. The van der Waals surface area contributed by atoms with Gasteiger partial charge >= 0.3 is 33.4 Å². The Bertz CT molecular complexity index is 821. The van der Waals surface area contributed by atoms with E-state index in [2.05, 4.69) is 8.92 Å². The van der Waals surface area contributed by atoms with Gasteiger partial charge < -0.3 is 9.47 Å². The van der Waals surface area contributed by atoms with Gasteiger partial charge in [-0.2, -0.15) is 39.2 Å². The van der Waals surface area contributed by atoms with E-state index in [9.17, 15) is 43.9 Å². The summed E-state index contributed by atoms with van der Waals surface area (Å²) < 4.78 is 126. The van der Waals surface area contributed by atoms with Gasteiger partial charge in [0.1, 0.15) is 5.75 Å². The highest BCUT2D eigenvalue weighted by atomic mass is 32.2. The number of hydrogen-bond donors (Lipinski definition) is 0. The van der Waals surface area contributed by atoms with Gasteiger partial charge in [-0.05, 0) is 37.0 Å². The van der Waals surface area contributed by atoms with Crippen LogP contribution in [0.2, 0.25) is 0 Å². The first-order valence-corrected chi connectivity index (χ1v) is 9.47. The van der Waals surface area contributed by atoms with Crippen LogP contribution in [0.1, 0.15) is 18.4 Å². The molecular formula is C16H17F7O6S. The lowest BCUT2D eigenvalue weighted by atomic mass is 10.1. The summed E-state index contributed by atoms with van der Waals surface area (Å²) in [6.45, 7) is 0. The zero-order chi connectivity index (χ0) is 23.4. The van der Waals surface area contributed by atoms with E-state index in [1.165, 1.54) is 7.11 Å². The summed E-state index contributed by atoms with van der Waals surface area (Å²) in [5.41, 5.74) is 0.649. The number of methoxy groups -OCH3 is 2. The van der Waals surface area contributed by atoms with Crippen LogP contribution in [0.4, 0.5) is 30.7 Å². The van der Waals surface area contributed by atoms with Gasteiger partial charge in [0.15, 0.2) is 6.10 Å². The smallest absolute Gasteiger partial charge is 0.461 e. The van der Waals surface area contributed by atoms with E-state index >= 15 is 0 Å². The lowest BCUT2D eigenvalue weighted by molar-refractivity contribution is -0.333. The normalized spacial score (nSPS) is 14.3. The van der Waals surface area contributed by atoms with Gasteiger partial charge in [-0.15, -0.1) is 0 Å². The van der Waals surface area contributed by atoms with Crippen LogP contribution in [0.5, 0.6) is 5.75 Å². The molecule has 1 aromatic carbocycles. The lowest BCUT2D eigenvalue weighted by Gasteiger charge is -2.28. The SMILES string of the molecule is COC(=O)C(CCCc1ccc(OC)cc1)OS(=O)(=O)C(F)(F)C(F)(F)C(F)(F)F. The number of alkyl halides is 7. The fourth-order valence-electron chi connectivity index (χ4n) is 2.16. The van der Waals surface area contributed by atoms with Crippen LogP contribution in [0, 0.1) is 0 Å². The van der Waals surface area contributed by atoms with E-state index in [4.69, 9.17) is 4.74 Å². The summed E-state index contributed by atoms with van der Waals surface area (Å²) in [5.74, 6) is -7.98.